The van der Waals surface area contributed by atoms with E-state index in [0.717, 1.165) is 12.8 Å². The summed E-state index contributed by atoms with van der Waals surface area (Å²) in [5.74, 6) is 0. The first kappa shape index (κ1) is 19.2. The summed E-state index contributed by atoms with van der Waals surface area (Å²) in [5, 5.41) is 0. The van der Waals surface area contributed by atoms with Crippen LogP contribution in [-0.4, -0.2) is 58.3 Å². The van der Waals surface area contributed by atoms with Gasteiger partial charge in [0.2, 0.25) is 0 Å². The third-order valence-corrected chi connectivity index (χ3v) is 7.49. The highest BCUT2D eigenvalue weighted by Gasteiger charge is 2.50. The van der Waals surface area contributed by atoms with Gasteiger partial charge in [0.25, 0.3) is 0 Å². The lowest BCUT2D eigenvalue weighted by Crippen LogP contribution is -2.67. The molecule has 2 atom stereocenters. The number of rotatable bonds is 2. The Kier molecular flexibility index (Phi) is 4.77. The first-order valence-electron chi connectivity index (χ1n) is 9.36. The zero-order valence-electron chi connectivity index (χ0n) is 17.3. The summed E-state index contributed by atoms with van der Waals surface area (Å²) in [6.07, 6.45) is 5.32. The molecule has 0 aromatic carbocycles. The predicted molar refractivity (Wildman–Crippen MR) is 99.0 cm³/mol. The molecule has 0 spiro atoms. The summed E-state index contributed by atoms with van der Waals surface area (Å²) in [6.45, 7) is 18.8. The van der Waals surface area contributed by atoms with E-state index in [0.29, 0.717) is 12.2 Å². The standard InChI is InChI=1S/C20H40N2O/c1-17(2)13-11-15(19(5,6)21(17)9)23-16-12-14-18(3,4)22(10)20(16,7)8/h15-16H,11-14H2,1-10H3. The van der Waals surface area contributed by atoms with Gasteiger partial charge in [-0.15, -0.1) is 0 Å². The van der Waals surface area contributed by atoms with Crippen molar-refractivity contribution in [3.63, 3.8) is 0 Å². The van der Waals surface area contributed by atoms with Crippen LogP contribution in [0.5, 0.6) is 0 Å². The first-order chi connectivity index (χ1) is 10.2. The molecule has 136 valence electrons. The summed E-state index contributed by atoms with van der Waals surface area (Å²) in [4.78, 5) is 5.05. The Morgan fingerprint density at radius 3 is 1.26 bits per heavy atom. The van der Waals surface area contributed by atoms with Crippen LogP contribution in [0.2, 0.25) is 0 Å². The average Bonchev–Trinajstić information content (AvgIpc) is 2.41. The van der Waals surface area contributed by atoms with Crippen LogP contribution in [0.4, 0.5) is 0 Å². The molecule has 2 aliphatic rings. The average molecular weight is 325 g/mol. The summed E-state index contributed by atoms with van der Waals surface area (Å²) >= 11 is 0. The van der Waals surface area contributed by atoms with Crippen LogP contribution < -0.4 is 0 Å². The van der Waals surface area contributed by atoms with Gasteiger partial charge in [-0.05, 0) is 95.2 Å². The highest BCUT2D eigenvalue weighted by molar-refractivity contribution is 5.05. The molecule has 2 unspecified atom stereocenters. The lowest BCUT2D eigenvalue weighted by molar-refractivity contribution is -0.191. The molecular weight excluding hydrogens is 284 g/mol. The quantitative estimate of drug-likeness (QED) is 0.753. The van der Waals surface area contributed by atoms with Crippen molar-refractivity contribution in [1.29, 1.82) is 0 Å². The molecule has 0 N–H and O–H groups in total. The summed E-state index contributed by atoms with van der Waals surface area (Å²) in [7, 11) is 4.52. The lowest BCUT2D eigenvalue weighted by atomic mass is 9.76. The smallest absolute Gasteiger partial charge is 0.0758 e. The van der Waals surface area contributed by atoms with Gasteiger partial charge in [-0.25, -0.2) is 0 Å². The SMILES string of the molecule is CN1C(C)(C)CCC(OC2CCC(C)(C)N(C)C2(C)C)C1(C)C. The zero-order valence-corrected chi connectivity index (χ0v) is 17.3. The Balaban J connectivity index is 2.16. The van der Waals surface area contributed by atoms with E-state index in [1.807, 2.05) is 0 Å². The molecule has 2 saturated heterocycles. The van der Waals surface area contributed by atoms with Gasteiger partial charge in [0.1, 0.15) is 0 Å². The number of nitrogens with zero attached hydrogens (tertiary/aromatic N) is 2. The minimum absolute atomic E-state index is 0.0728. The normalized spacial score (nSPS) is 36.8. The Bertz CT molecular complexity index is 399. The van der Waals surface area contributed by atoms with Crippen LogP contribution in [0.1, 0.15) is 81.1 Å². The van der Waals surface area contributed by atoms with Crippen LogP contribution >= 0.6 is 0 Å². The molecule has 0 saturated carbocycles. The molecule has 2 aliphatic heterocycles. The molecule has 3 heteroatoms. The second-order valence-corrected chi connectivity index (χ2v) is 10.2. The van der Waals surface area contributed by atoms with Crippen molar-refractivity contribution in [3.8, 4) is 0 Å². The van der Waals surface area contributed by atoms with Crippen molar-refractivity contribution >= 4 is 0 Å². The minimum Gasteiger partial charge on any atom is -0.371 e. The van der Waals surface area contributed by atoms with Crippen LogP contribution in [0.3, 0.4) is 0 Å². The van der Waals surface area contributed by atoms with E-state index in [2.05, 4.69) is 79.3 Å². The van der Waals surface area contributed by atoms with Crippen molar-refractivity contribution in [3.05, 3.63) is 0 Å². The number of hydrogen-bond acceptors (Lipinski definition) is 3. The van der Waals surface area contributed by atoms with Crippen LogP contribution in [-0.2, 0) is 4.74 Å². The van der Waals surface area contributed by atoms with E-state index in [1.54, 1.807) is 0 Å². The van der Waals surface area contributed by atoms with Crippen molar-refractivity contribution < 1.29 is 4.74 Å². The van der Waals surface area contributed by atoms with Crippen molar-refractivity contribution in [2.75, 3.05) is 14.1 Å². The van der Waals surface area contributed by atoms with Gasteiger partial charge in [0.15, 0.2) is 0 Å². The Morgan fingerprint density at radius 1 is 0.652 bits per heavy atom. The monoisotopic (exact) mass is 324 g/mol. The minimum atomic E-state index is 0.0728. The van der Waals surface area contributed by atoms with Gasteiger partial charge < -0.3 is 4.74 Å². The second-order valence-electron chi connectivity index (χ2n) is 10.2. The van der Waals surface area contributed by atoms with E-state index < -0.39 is 0 Å². The van der Waals surface area contributed by atoms with Crippen molar-refractivity contribution in [2.45, 2.75) is 115 Å². The molecule has 0 bridgehead atoms. The third kappa shape index (κ3) is 3.21. The number of piperidine rings is 2. The molecule has 2 rings (SSSR count). The van der Waals surface area contributed by atoms with E-state index in [1.165, 1.54) is 12.8 Å². The molecule has 0 radical (unpaired) electrons. The van der Waals surface area contributed by atoms with E-state index in [9.17, 15) is 0 Å². The molecular formula is C20H40N2O. The van der Waals surface area contributed by atoms with Gasteiger partial charge in [-0.1, -0.05) is 0 Å². The second kappa shape index (κ2) is 5.71. The molecule has 23 heavy (non-hydrogen) atoms. The topological polar surface area (TPSA) is 15.7 Å². The molecule has 0 aliphatic carbocycles. The molecule has 3 nitrogen and oxygen atoms in total. The molecule has 2 heterocycles. The first-order valence-corrected chi connectivity index (χ1v) is 9.36. The zero-order chi connectivity index (χ0) is 17.8. The number of hydrogen-bond donors (Lipinski definition) is 0. The number of ether oxygens (including phenoxy) is 1. The number of likely N-dealkylation sites (N-methyl/N-ethyl adjacent to an activating group) is 2. The highest BCUT2D eigenvalue weighted by Crippen LogP contribution is 2.43. The van der Waals surface area contributed by atoms with Gasteiger partial charge in [0, 0.05) is 22.2 Å². The largest absolute Gasteiger partial charge is 0.371 e. The van der Waals surface area contributed by atoms with Crippen LogP contribution in [0.15, 0.2) is 0 Å². The maximum Gasteiger partial charge on any atom is 0.0758 e. The third-order valence-electron chi connectivity index (χ3n) is 7.49. The summed E-state index contributed by atoms with van der Waals surface area (Å²) < 4.78 is 6.81. The lowest BCUT2D eigenvalue weighted by Gasteiger charge is -2.59. The van der Waals surface area contributed by atoms with Crippen LogP contribution in [0.25, 0.3) is 0 Å². The predicted octanol–water partition coefficient (Wildman–Crippen LogP) is 4.31. The van der Waals surface area contributed by atoms with Gasteiger partial charge in [-0.3, -0.25) is 9.80 Å². The van der Waals surface area contributed by atoms with Gasteiger partial charge >= 0.3 is 0 Å². The maximum atomic E-state index is 6.81. The fourth-order valence-electron chi connectivity index (χ4n) is 4.67. The van der Waals surface area contributed by atoms with E-state index in [-0.39, 0.29) is 22.2 Å². The van der Waals surface area contributed by atoms with E-state index in [4.69, 9.17) is 4.74 Å². The Labute approximate surface area is 144 Å². The molecule has 0 aromatic heterocycles. The Morgan fingerprint density at radius 2 is 0.957 bits per heavy atom. The summed E-state index contributed by atoms with van der Waals surface area (Å²) in [5.41, 5.74) is 0.654. The van der Waals surface area contributed by atoms with Crippen molar-refractivity contribution in [2.24, 2.45) is 0 Å². The molecule has 0 aromatic rings. The highest BCUT2D eigenvalue weighted by atomic mass is 16.5. The fraction of sp³-hybridized carbons (Fsp3) is 1.00. The number of likely N-dealkylation sites (tertiary alicyclic amines) is 2. The van der Waals surface area contributed by atoms with Gasteiger partial charge in [0.05, 0.1) is 12.2 Å². The molecule has 0 amide bonds. The summed E-state index contributed by atoms with van der Waals surface area (Å²) in [6, 6.07) is 0. The fourth-order valence-corrected chi connectivity index (χ4v) is 4.67. The van der Waals surface area contributed by atoms with E-state index >= 15 is 0 Å². The van der Waals surface area contributed by atoms with Gasteiger partial charge in [-0.2, -0.15) is 0 Å². The maximum absolute atomic E-state index is 6.81. The molecule has 2 fully saturated rings. The Hall–Kier alpha value is -0.120. The van der Waals surface area contributed by atoms with Crippen molar-refractivity contribution in [1.82, 2.24) is 9.80 Å². The van der Waals surface area contributed by atoms with Crippen LogP contribution in [0, 0.1) is 0 Å².